The zero-order valence-electron chi connectivity index (χ0n) is 13.3. The van der Waals surface area contributed by atoms with E-state index in [-0.39, 0.29) is 29.2 Å². The molecule has 21 heavy (non-hydrogen) atoms. The second-order valence-corrected chi connectivity index (χ2v) is 7.33. The van der Waals surface area contributed by atoms with Gasteiger partial charge < -0.3 is 15.7 Å². The van der Waals surface area contributed by atoms with Gasteiger partial charge in [-0.1, -0.05) is 20.8 Å². The molecule has 2 saturated carbocycles. The average molecular weight is 296 g/mol. The first-order chi connectivity index (χ1) is 9.82. The highest BCUT2D eigenvalue weighted by molar-refractivity contribution is 5.78. The minimum atomic E-state index is -0.720. The summed E-state index contributed by atoms with van der Waals surface area (Å²) in [5.41, 5.74) is -0.302. The van der Waals surface area contributed by atoms with Crippen molar-refractivity contribution in [2.75, 3.05) is 13.1 Å². The molecular weight excluding hydrogens is 268 g/mol. The average Bonchev–Trinajstić information content (AvgIpc) is 3.18. The van der Waals surface area contributed by atoms with Crippen molar-refractivity contribution in [1.82, 2.24) is 10.6 Å². The van der Waals surface area contributed by atoms with Gasteiger partial charge in [-0.05, 0) is 49.5 Å². The fourth-order valence-corrected chi connectivity index (χ4v) is 3.41. The fraction of sp³-hybridized carbons (Fsp3) is 0.875. The summed E-state index contributed by atoms with van der Waals surface area (Å²) >= 11 is 0. The maximum Gasteiger partial charge on any atom is 0.307 e. The molecule has 2 aliphatic rings. The number of carbonyl (C=O) groups excluding carboxylic acids is 1. The number of carboxylic acids is 1. The minimum Gasteiger partial charge on any atom is -0.481 e. The predicted octanol–water partition coefficient (Wildman–Crippen LogP) is 1.63. The molecule has 3 unspecified atom stereocenters. The number of carbonyl (C=O) groups is 2. The van der Waals surface area contributed by atoms with Crippen LogP contribution in [-0.4, -0.2) is 36.1 Å². The smallest absolute Gasteiger partial charge is 0.307 e. The Bertz CT molecular complexity index is 404. The third kappa shape index (κ3) is 3.96. The molecule has 120 valence electrons. The van der Waals surface area contributed by atoms with Gasteiger partial charge in [0.1, 0.15) is 0 Å². The van der Waals surface area contributed by atoms with Gasteiger partial charge in [-0.2, -0.15) is 0 Å². The molecule has 0 aromatic carbocycles. The molecule has 2 aliphatic carbocycles. The number of amides is 1. The first kappa shape index (κ1) is 16.3. The Morgan fingerprint density at radius 2 is 1.86 bits per heavy atom. The van der Waals surface area contributed by atoms with Crippen molar-refractivity contribution in [3.05, 3.63) is 0 Å². The number of hydrogen-bond acceptors (Lipinski definition) is 3. The monoisotopic (exact) mass is 296 g/mol. The molecule has 3 N–H and O–H groups in total. The summed E-state index contributed by atoms with van der Waals surface area (Å²) in [7, 11) is 0. The van der Waals surface area contributed by atoms with Crippen LogP contribution in [0, 0.1) is 23.2 Å². The summed E-state index contributed by atoms with van der Waals surface area (Å²) in [4.78, 5) is 23.4. The van der Waals surface area contributed by atoms with E-state index in [0.29, 0.717) is 13.0 Å². The van der Waals surface area contributed by atoms with Crippen molar-refractivity contribution in [3.8, 4) is 0 Å². The van der Waals surface area contributed by atoms with E-state index in [1.165, 1.54) is 12.8 Å². The number of hydrogen-bond donors (Lipinski definition) is 3. The van der Waals surface area contributed by atoms with Gasteiger partial charge in [0.25, 0.3) is 0 Å². The lowest BCUT2D eigenvalue weighted by Crippen LogP contribution is -2.53. The SMILES string of the molecule is CC1C(NC(=O)CNCC2CC2)CCC(C(=O)O)C1(C)C. The third-order valence-electron chi connectivity index (χ3n) is 5.50. The molecule has 0 radical (unpaired) electrons. The predicted molar refractivity (Wildman–Crippen MR) is 80.8 cm³/mol. The first-order valence-corrected chi connectivity index (χ1v) is 8.05. The van der Waals surface area contributed by atoms with Crippen LogP contribution in [0.5, 0.6) is 0 Å². The van der Waals surface area contributed by atoms with E-state index in [4.69, 9.17) is 0 Å². The van der Waals surface area contributed by atoms with E-state index in [1.807, 2.05) is 13.8 Å². The highest BCUT2D eigenvalue weighted by Crippen LogP contribution is 2.45. The summed E-state index contributed by atoms with van der Waals surface area (Å²) in [5, 5.41) is 15.6. The molecule has 0 aromatic heterocycles. The van der Waals surface area contributed by atoms with Crippen LogP contribution in [0.4, 0.5) is 0 Å². The standard InChI is InChI=1S/C16H28N2O3/c1-10-13(7-6-12(15(20)21)16(10,2)3)18-14(19)9-17-8-11-4-5-11/h10-13,17H,4-9H2,1-3H3,(H,18,19)(H,20,21). The summed E-state index contributed by atoms with van der Waals surface area (Å²) in [6, 6.07) is 0.0748. The van der Waals surface area contributed by atoms with Crippen LogP contribution in [0.2, 0.25) is 0 Å². The van der Waals surface area contributed by atoms with E-state index in [2.05, 4.69) is 17.6 Å². The second kappa shape index (κ2) is 6.34. The zero-order valence-corrected chi connectivity index (χ0v) is 13.3. The molecular formula is C16H28N2O3. The molecule has 0 saturated heterocycles. The van der Waals surface area contributed by atoms with E-state index >= 15 is 0 Å². The Kier molecular flexibility index (Phi) is 4.91. The van der Waals surface area contributed by atoms with Crippen LogP contribution in [0.25, 0.3) is 0 Å². The molecule has 1 amide bonds. The Labute approximate surface area is 126 Å². The molecule has 0 bridgehead atoms. The highest BCUT2D eigenvalue weighted by Gasteiger charge is 2.46. The van der Waals surface area contributed by atoms with Crippen molar-refractivity contribution in [2.45, 2.75) is 52.5 Å². The summed E-state index contributed by atoms with van der Waals surface area (Å²) in [6.45, 7) is 7.35. The second-order valence-electron chi connectivity index (χ2n) is 7.33. The van der Waals surface area contributed by atoms with Gasteiger partial charge in [-0.3, -0.25) is 9.59 Å². The lowest BCUT2D eigenvalue weighted by Gasteiger charge is -2.46. The Morgan fingerprint density at radius 3 is 2.43 bits per heavy atom. The van der Waals surface area contributed by atoms with Crippen molar-refractivity contribution in [1.29, 1.82) is 0 Å². The molecule has 2 fully saturated rings. The Balaban J connectivity index is 1.82. The fourth-order valence-electron chi connectivity index (χ4n) is 3.41. The van der Waals surface area contributed by atoms with Crippen LogP contribution in [-0.2, 0) is 9.59 Å². The number of rotatable bonds is 6. The van der Waals surface area contributed by atoms with Crippen molar-refractivity contribution in [2.24, 2.45) is 23.2 Å². The van der Waals surface area contributed by atoms with Gasteiger partial charge in [-0.25, -0.2) is 0 Å². The number of aliphatic carboxylic acids is 1. The van der Waals surface area contributed by atoms with Crippen molar-refractivity contribution < 1.29 is 14.7 Å². The number of nitrogens with one attached hydrogen (secondary N) is 2. The van der Waals surface area contributed by atoms with Crippen LogP contribution in [0.15, 0.2) is 0 Å². The van der Waals surface area contributed by atoms with E-state index < -0.39 is 5.97 Å². The molecule has 0 aromatic rings. The van der Waals surface area contributed by atoms with Gasteiger partial charge in [-0.15, -0.1) is 0 Å². The number of carboxylic acid groups (broad SMARTS) is 1. The van der Waals surface area contributed by atoms with Crippen LogP contribution < -0.4 is 10.6 Å². The molecule has 5 heteroatoms. The maximum absolute atomic E-state index is 12.0. The van der Waals surface area contributed by atoms with Crippen LogP contribution in [0.1, 0.15) is 46.5 Å². The summed E-state index contributed by atoms with van der Waals surface area (Å²) in [6.07, 6.45) is 3.93. The largest absolute Gasteiger partial charge is 0.481 e. The lowest BCUT2D eigenvalue weighted by molar-refractivity contribution is -0.150. The lowest BCUT2D eigenvalue weighted by atomic mass is 9.61. The van der Waals surface area contributed by atoms with E-state index in [0.717, 1.165) is 18.9 Å². The minimum absolute atomic E-state index is 0.0251. The van der Waals surface area contributed by atoms with Gasteiger partial charge in [0, 0.05) is 6.04 Å². The third-order valence-corrected chi connectivity index (χ3v) is 5.50. The summed E-state index contributed by atoms with van der Waals surface area (Å²) < 4.78 is 0. The topological polar surface area (TPSA) is 78.4 Å². The summed E-state index contributed by atoms with van der Waals surface area (Å²) in [5.74, 6) is -0.102. The van der Waals surface area contributed by atoms with E-state index in [1.54, 1.807) is 0 Å². The van der Waals surface area contributed by atoms with Gasteiger partial charge in [0.05, 0.1) is 12.5 Å². The molecule has 5 nitrogen and oxygen atoms in total. The Hall–Kier alpha value is -1.10. The highest BCUT2D eigenvalue weighted by atomic mass is 16.4. The van der Waals surface area contributed by atoms with Crippen molar-refractivity contribution in [3.63, 3.8) is 0 Å². The molecule has 0 heterocycles. The molecule has 3 atom stereocenters. The van der Waals surface area contributed by atoms with E-state index in [9.17, 15) is 14.7 Å². The molecule has 0 aliphatic heterocycles. The van der Waals surface area contributed by atoms with Crippen LogP contribution in [0.3, 0.4) is 0 Å². The maximum atomic E-state index is 12.0. The Morgan fingerprint density at radius 1 is 1.19 bits per heavy atom. The zero-order chi connectivity index (χ0) is 15.6. The van der Waals surface area contributed by atoms with Gasteiger partial charge in [0.15, 0.2) is 0 Å². The van der Waals surface area contributed by atoms with Gasteiger partial charge >= 0.3 is 5.97 Å². The first-order valence-electron chi connectivity index (χ1n) is 8.05. The van der Waals surface area contributed by atoms with Gasteiger partial charge in [0.2, 0.25) is 5.91 Å². The normalized spacial score (nSPS) is 31.7. The van der Waals surface area contributed by atoms with Crippen LogP contribution >= 0.6 is 0 Å². The molecule has 2 rings (SSSR count). The molecule has 0 spiro atoms. The quantitative estimate of drug-likeness (QED) is 0.696. The van der Waals surface area contributed by atoms with Crippen molar-refractivity contribution >= 4 is 11.9 Å².